The van der Waals surface area contributed by atoms with Crippen LogP contribution in [0.1, 0.15) is 39.5 Å². The molecule has 7 heteroatoms. The second kappa shape index (κ2) is 7.28. The molecule has 0 aromatic carbocycles. The van der Waals surface area contributed by atoms with Gasteiger partial charge in [-0.3, -0.25) is 4.79 Å². The lowest BCUT2D eigenvalue weighted by atomic mass is 9.89. The molecule has 120 valence electrons. The Kier molecular flexibility index (Phi) is 5.99. The molecule has 0 aromatic heterocycles. The Morgan fingerprint density at radius 3 is 2.57 bits per heavy atom. The van der Waals surface area contributed by atoms with Gasteiger partial charge in [-0.15, -0.1) is 0 Å². The van der Waals surface area contributed by atoms with Crippen LogP contribution in [0.3, 0.4) is 0 Å². The number of carboxylic acids is 1. The third-order valence-electron chi connectivity index (χ3n) is 3.98. The van der Waals surface area contributed by atoms with Crippen LogP contribution in [0.5, 0.6) is 0 Å². The van der Waals surface area contributed by atoms with Crippen molar-refractivity contribution in [3.05, 3.63) is 0 Å². The number of carbonyl (C=O) groups is 3. The number of urea groups is 1. The maximum absolute atomic E-state index is 12.1. The average Bonchev–Trinajstić information content (AvgIpc) is 2.85. The molecule has 3 N–H and O–H groups in total. The molecule has 0 saturated carbocycles. The van der Waals surface area contributed by atoms with E-state index in [0.717, 1.165) is 12.8 Å². The third kappa shape index (κ3) is 4.34. The Hall–Kier alpha value is -1.79. The van der Waals surface area contributed by atoms with Crippen molar-refractivity contribution in [3.63, 3.8) is 0 Å². The van der Waals surface area contributed by atoms with Crippen molar-refractivity contribution < 1.29 is 19.5 Å². The SMILES string of the molecule is CCCCC(NC(=O)N1CCC(C)(C(=O)NC)C1)C(=O)O. The number of unbranched alkanes of at least 4 members (excludes halogenated alkanes) is 1. The first kappa shape index (κ1) is 17.3. The zero-order valence-electron chi connectivity index (χ0n) is 12.9. The van der Waals surface area contributed by atoms with E-state index < -0.39 is 23.5 Å². The van der Waals surface area contributed by atoms with Gasteiger partial charge < -0.3 is 20.6 Å². The Morgan fingerprint density at radius 1 is 1.38 bits per heavy atom. The van der Waals surface area contributed by atoms with Crippen LogP contribution >= 0.6 is 0 Å². The van der Waals surface area contributed by atoms with Gasteiger partial charge in [0.05, 0.1) is 5.41 Å². The molecular formula is C14H25N3O4. The molecular weight excluding hydrogens is 274 g/mol. The van der Waals surface area contributed by atoms with E-state index in [9.17, 15) is 14.4 Å². The number of hydrogen-bond donors (Lipinski definition) is 3. The van der Waals surface area contributed by atoms with E-state index >= 15 is 0 Å². The summed E-state index contributed by atoms with van der Waals surface area (Å²) in [4.78, 5) is 36.6. The van der Waals surface area contributed by atoms with Gasteiger partial charge in [-0.1, -0.05) is 19.8 Å². The largest absolute Gasteiger partial charge is 0.480 e. The van der Waals surface area contributed by atoms with Gasteiger partial charge in [-0.25, -0.2) is 9.59 Å². The van der Waals surface area contributed by atoms with Crippen LogP contribution in [0.25, 0.3) is 0 Å². The fourth-order valence-electron chi connectivity index (χ4n) is 2.53. The van der Waals surface area contributed by atoms with E-state index in [1.165, 1.54) is 4.90 Å². The highest BCUT2D eigenvalue weighted by Gasteiger charge is 2.42. The van der Waals surface area contributed by atoms with Crippen LogP contribution in [0, 0.1) is 5.41 Å². The van der Waals surface area contributed by atoms with Gasteiger partial charge in [0.25, 0.3) is 0 Å². The van der Waals surface area contributed by atoms with Crippen LogP contribution in [-0.2, 0) is 9.59 Å². The summed E-state index contributed by atoms with van der Waals surface area (Å²) >= 11 is 0. The zero-order chi connectivity index (χ0) is 16.0. The molecule has 1 fully saturated rings. The van der Waals surface area contributed by atoms with Crippen molar-refractivity contribution in [1.82, 2.24) is 15.5 Å². The molecule has 1 saturated heterocycles. The first-order valence-electron chi connectivity index (χ1n) is 7.34. The monoisotopic (exact) mass is 299 g/mol. The van der Waals surface area contributed by atoms with E-state index in [4.69, 9.17) is 5.11 Å². The molecule has 1 rings (SSSR count). The van der Waals surface area contributed by atoms with Crippen LogP contribution in [0.2, 0.25) is 0 Å². The van der Waals surface area contributed by atoms with Gasteiger partial charge in [-0.05, 0) is 19.8 Å². The number of carboxylic acid groups (broad SMARTS) is 1. The van der Waals surface area contributed by atoms with Gasteiger partial charge in [0, 0.05) is 20.1 Å². The molecule has 1 aliphatic rings. The molecule has 7 nitrogen and oxygen atoms in total. The number of nitrogens with one attached hydrogen (secondary N) is 2. The summed E-state index contributed by atoms with van der Waals surface area (Å²) in [5.41, 5.74) is -0.603. The van der Waals surface area contributed by atoms with Crippen molar-refractivity contribution in [2.75, 3.05) is 20.1 Å². The first-order chi connectivity index (χ1) is 9.84. The highest BCUT2D eigenvalue weighted by molar-refractivity contribution is 5.86. The lowest BCUT2D eigenvalue weighted by molar-refractivity contribution is -0.139. The van der Waals surface area contributed by atoms with E-state index in [1.807, 2.05) is 13.8 Å². The summed E-state index contributed by atoms with van der Waals surface area (Å²) in [6, 6.07) is -1.28. The van der Waals surface area contributed by atoms with Crippen molar-refractivity contribution in [3.8, 4) is 0 Å². The summed E-state index contributed by atoms with van der Waals surface area (Å²) in [7, 11) is 1.57. The molecule has 0 bridgehead atoms. The summed E-state index contributed by atoms with van der Waals surface area (Å²) < 4.78 is 0. The third-order valence-corrected chi connectivity index (χ3v) is 3.98. The standard InChI is InChI=1S/C14H25N3O4/c1-4-5-6-10(11(18)19)16-13(21)17-8-7-14(2,9-17)12(20)15-3/h10H,4-9H2,1-3H3,(H,15,20)(H,16,21)(H,18,19). The van der Waals surface area contributed by atoms with Gasteiger partial charge in [0.15, 0.2) is 0 Å². The summed E-state index contributed by atoms with van der Waals surface area (Å²) in [5.74, 6) is -1.12. The predicted octanol–water partition coefficient (Wildman–Crippen LogP) is 0.797. The Labute approximate surface area is 125 Å². The van der Waals surface area contributed by atoms with Crippen molar-refractivity contribution in [1.29, 1.82) is 0 Å². The predicted molar refractivity (Wildman–Crippen MR) is 77.8 cm³/mol. The van der Waals surface area contributed by atoms with E-state index in [-0.39, 0.29) is 5.91 Å². The van der Waals surface area contributed by atoms with Crippen molar-refractivity contribution >= 4 is 17.9 Å². The van der Waals surface area contributed by atoms with Crippen molar-refractivity contribution in [2.45, 2.75) is 45.6 Å². The van der Waals surface area contributed by atoms with Crippen molar-refractivity contribution in [2.24, 2.45) is 5.41 Å². The van der Waals surface area contributed by atoms with Crippen LogP contribution < -0.4 is 10.6 Å². The highest BCUT2D eigenvalue weighted by atomic mass is 16.4. The molecule has 3 amide bonds. The number of carbonyl (C=O) groups excluding carboxylic acids is 2. The summed E-state index contributed by atoms with van der Waals surface area (Å²) in [6.45, 7) is 4.54. The van der Waals surface area contributed by atoms with Crippen LogP contribution in [0.15, 0.2) is 0 Å². The molecule has 0 spiro atoms. The number of rotatable bonds is 6. The minimum Gasteiger partial charge on any atom is -0.480 e. The van der Waals surface area contributed by atoms with Crippen LogP contribution in [0.4, 0.5) is 4.79 Å². The minimum atomic E-state index is -1.02. The van der Waals surface area contributed by atoms with Crippen LogP contribution in [-0.4, -0.2) is 54.1 Å². The second-order valence-corrected chi connectivity index (χ2v) is 5.79. The number of aliphatic carboxylic acids is 1. The van der Waals surface area contributed by atoms with Gasteiger partial charge in [0.1, 0.15) is 6.04 Å². The van der Waals surface area contributed by atoms with E-state index in [1.54, 1.807) is 7.05 Å². The Bertz CT molecular complexity index is 413. The highest BCUT2D eigenvalue weighted by Crippen LogP contribution is 2.30. The second-order valence-electron chi connectivity index (χ2n) is 5.79. The molecule has 0 aromatic rings. The number of nitrogens with zero attached hydrogens (tertiary/aromatic N) is 1. The fourth-order valence-corrected chi connectivity index (χ4v) is 2.53. The number of likely N-dealkylation sites (tertiary alicyclic amines) is 1. The summed E-state index contributed by atoms with van der Waals surface area (Å²) in [6.07, 6.45) is 2.61. The molecule has 1 aliphatic heterocycles. The molecule has 0 radical (unpaired) electrons. The molecule has 0 aliphatic carbocycles. The minimum absolute atomic E-state index is 0.0985. The number of amides is 3. The molecule has 2 atom stereocenters. The normalized spacial score (nSPS) is 22.7. The molecule has 2 unspecified atom stereocenters. The molecule has 21 heavy (non-hydrogen) atoms. The lowest BCUT2D eigenvalue weighted by Gasteiger charge is -2.24. The maximum Gasteiger partial charge on any atom is 0.326 e. The number of hydrogen-bond acceptors (Lipinski definition) is 3. The first-order valence-corrected chi connectivity index (χ1v) is 7.34. The lowest BCUT2D eigenvalue weighted by Crippen LogP contribution is -2.48. The topological polar surface area (TPSA) is 98.7 Å². The Morgan fingerprint density at radius 2 is 2.05 bits per heavy atom. The van der Waals surface area contributed by atoms with Gasteiger partial charge in [-0.2, -0.15) is 0 Å². The Balaban J connectivity index is 2.60. The van der Waals surface area contributed by atoms with Gasteiger partial charge in [0.2, 0.25) is 5.91 Å². The van der Waals surface area contributed by atoms with Gasteiger partial charge >= 0.3 is 12.0 Å². The summed E-state index contributed by atoms with van der Waals surface area (Å²) in [5, 5.41) is 14.3. The zero-order valence-corrected chi connectivity index (χ0v) is 12.9. The quantitative estimate of drug-likeness (QED) is 0.675. The molecule has 1 heterocycles. The van der Waals surface area contributed by atoms with E-state index in [2.05, 4.69) is 10.6 Å². The maximum atomic E-state index is 12.1. The smallest absolute Gasteiger partial charge is 0.326 e. The fraction of sp³-hybridized carbons (Fsp3) is 0.786. The average molecular weight is 299 g/mol. The van der Waals surface area contributed by atoms with E-state index in [0.29, 0.717) is 25.9 Å².